The van der Waals surface area contributed by atoms with Crippen molar-refractivity contribution >= 4 is 34.0 Å². The van der Waals surface area contributed by atoms with E-state index in [2.05, 4.69) is 5.32 Å². The highest BCUT2D eigenvalue weighted by atomic mass is 32.1. The molecule has 3 aromatic heterocycles. The van der Waals surface area contributed by atoms with Gasteiger partial charge >= 0.3 is 5.97 Å². The summed E-state index contributed by atoms with van der Waals surface area (Å²) in [7, 11) is 0. The first-order valence-electron chi connectivity index (χ1n) is 9.14. The van der Waals surface area contributed by atoms with Gasteiger partial charge in [0.1, 0.15) is 4.88 Å². The monoisotopic (exact) mass is 414 g/mol. The molecule has 0 saturated heterocycles. The van der Waals surface area contributed by atoms with Gasteiger partial charge in [-0.1, -0.05) is 0 Å². The number of Topliss-reactive ketones (excluding diaryl/α,β-unsaturated/α-hetero) is 1. The Kier molecular flexibility index (Phi) is 6.03. The van der Waals surface area contributed by atoms with Gasteiger partial charge in [-0.15, -0.1) is 11.3 Å². The van der Waals surface area contributed by atoms with Crippen LogP contribution in [0.15, 0.2) is 34.9 Å². The largest absolute Gasteiger partial charge is 0.459 e. The van der Waals surface area contributed by atoms with E-state index in [-0.39, 0.29) is 18.2 Å². The molecule has 0 spiro atoms. The van der Waals surface area contributed by atoms with Crippen LogP contribution in [0.5, 0.6) is 0 Å². The zero-order valence-corrected chi connectivity index (χ0v) is 17.5. The molecule has 0 saturated carbocycles. The number of ether oxygens (including phenoxy) is 1. The van der Waals surface area contributed by atoms with Gasteiger partial charge in [-0.2, -0.15) is 0 Å². The van der Waals surface area contributed by atoms with E-state index < -0.39 is 11.9 Å². The number of carbonyl (C=O) groups is 3. The van der Waals surface area contributed by atoms with Crippen LogP contribution in [0.3, 0.4) is 0 Å². The number of furan rings is 1. The minimum absolute atomic E-state index is 0.176. The summed E-state index contributed by atoms with van der Waals surface area (Å²) in [6.45, 7) is 8.00. The van der Waals surface area contributed by atoms with Crippen LogP contribution in [0, 0.1) is 20.8 Å². The normalized spacial score (nSPS) is 10.8. The lowest BCUT2D eigenvalue weighted by molar-refractivity contribution is 0.0478. The Morgan fingerprint density at radius 3 is 2.59 bits per heavy atom. The van der Waals surface area contributed by atoms with Crippen LogP contribution < -0.4 is 5.32 Å². The number of hydrogen-bond acceptors (Lipinski definition) is 6. The highest BCUT2D eigenvalue weighted by molar-refractivity contribution is 7.18. The zero-order chi connectivity index (χ0) is 21.1. The van der Waals surface area contributed by atoms with Crippen LogP contribution in [0.2, 0.25) is 0 Å². The van der Waals surface area contributed by atoms with E-state index in [1.807, 2.05) is 31.4 Å². The lowest BCUT2D eigenvalue weighted by Gasteiger charge is -2.06. The number of nitrogens with zero attached hydrogens (tertiary/aromatic N) is 1. The average Bonchev–Trinajstić information content (AvgIpc) is 3.39. The van der Waals surface area contributed by atoms with E-state index in [1.165, 1.54) is 6.26 Å². The summed E-state index contributed by atoms with van der Waals surface area (Å²) < 4.78 is 12.3. The Morgan fingerprint density at radius 2 is 1.97 bits per heavy atom. The molecule has 1 amide bonds. The average molecular weight is 414 g/mol. The molecule has 0 radical (unpaired) electrons. The molecule has 0 fully saturated rings. The number of hydrogen-bond donors (Lipinski definition) is 1. The second-order valence-corrected chi connectivity index (χ2v) is 7.63. The second-order valence-electron chi connectivity index (χ2n) is 6.58. The third kappa shape index (κ3) is 4.32. The smallest absolute Gasteiger partial charge is 0.349 e. The van der Waals surface area contributed by atoms with Crippen LogP contribution in [0.1, 0.15) is 54.5 Å². The zero-order valence-electron chi connectivity index (χ0n) is 16.7. The number of aryl methyl sites for hydroxylation is 2. The number of thiophene rings is 1. The quantitative estimate of drug-likeness (QED) is 0.458. The molecule has 0 atom stereocenters. The van der Waals surface area contributed by atoms with Gasteiger partial charge < -0.3 is 19.0 Å². The minimum atomic E-state index is -0.594. The Morgan fingerprint density at radius 1 is 1.21 bits per heavy atom. The molecule has 0 aliphatic rings. The predicted octanol–water partition coefficient (Wildman–Crippen LogP) is 4.38. The molecule has 152 valence electrons. The van der Waals surface area contributed by atoms with E-state index in [9.17, 15) is 14.4 Å². The SMILES string of the molecule is CCn1c(C)cc(C(=O)COC(=O)c2sc(NC(=O)c3ccco3)cc2C)c1C. The fourth-order valence-corrected chi connectivity index (χ4v) is 4.13. The molecule has 3 rings (SSSR count). The summed E-state index contributed by atoms with van der Waals surface area (Å²) in [5, 5.41) is 3.18. The number of aromatic nitrogens is 1. The molecule has 8 heteroatoms. The minimum Gasteiger partial charge on any atom is -0.459 e. The van der Waals surface area contributed by atoms with E-state index in [0.717, 1.165) is 29.3 Å². The van der Waals surface area contributed by atoms with Crippen molar-refractivity contribution in [1.29, 1.82) is 0 Å². The first-order valence-corrected chi connectivity index (χ1v) is 9.95. The number of rotatable bonds is 7. The summed E-state index contributed by atoms with van der Waals surface area (Å²) in [6, 6.07) is 6.66. The highest BCUT2D eigenvalue weighted by Gasteiger charge is 2.20. The standard InChI is InChI=1S/C21H22N2O5S/c1-5-23-13(3)10-15(14(23)4)16(24)11-28-21(26)19-12(2)9-18(29-19)22-20(25)17-7-6-8-27-17/h6-10H,5,11H2,1-4H3,(H,22,25). The highest BCUT2D eigenvalue weighted by Crippen LogP contribution is 2.28. The number of nitrogens with one attached hydrogen (secondary N) is 1. The van der Waals surface area contributed by atoms with Crippen molar-refractivity contribution in [2.45, 2.75) is 34.2 Å². The van der Waals surface area contributed by atoms with E-state index in [1.54, 1.807) is 25.1 Å². The summed E-state index contributed by atoms with van der Waals surface area (Å²) in [5.41, 5.74) is 3.07. The van der Waals surface area contributed by atoms with Crippen molar-refractivity contribution < 1.29 is 23.5 Å². The maximum Gasteiger partial charge on any atom is 0.349 e. The Hall–Kier alpha value is -3.13. The van der Waals surface area contributed by atoms with Crippen molar-refractivity contribution in [1.82, 2.24) is 4.57 Å². The Balaban J connectivity index is 1.64. The van der Waals surface area contributed by atoms with Gasteiger partial charge in [-0.25, -0.2) is 4.79 Å². The molecular formula is C21H22N2O5S. The Labute approximate surface area is 172 Å². The van der Waals surface area contributed by atoms with Crippen LogP contribution in [0.25, 0.3) is 0 Å². The summed E-state index contributed by atoms with van der Waals surface area (Å²) >= 11 is 1.09. The van der Waals surface area contributed by atoms with Crippen LogP contribution >= 0.6 is 11.3 Å². The van der Waals surface area contributed by atoms with Gasteiger partial charge in [0.2, 0.25) is 5.78 Å². The van der Waals surface area contributed by atoms with E-state index in [4.69, 9.17) is 9.15 Å². The molecule has 29 heavy (non-hydrogen) atoms. The van der Waals surface area contributed by atoms with E-state index >= 15 is 0 Å². The van der Waals surface area contributed by atoms with Gasteiger partial charge in [0.15, 0.2) is 12.4 Å². The van der Waals surface area contributed by atoms with Crippen molar-refractivity contribution in [2.24, 2.45) is 0 Å². The van der Waals surface area contributed by atoms with Crippen LogP contribution in [-0.2, 0) is 11.3 Å². The lowest BCUT2D eigenvalue weighted by Crippen LogP contribution is -2.15. The third-order valence-corrected chi connectivity index (χ3v) is 5.74. The Bertz CT molecular complexity index is 1060. The first-order chi connectivity index (χ1) is 13.8. The van der Waals surface area contributed by atoms with E-state index in [0.29, 0.717) is 21.0 Å². The summed E-state index contributed by atoms with van der Waals surface area (Å²) in [6.07, 6.45) is 1.41. The molecule has 0 unspecified atom stereocenters. The fraction of sp³-hybridized carbons (Fsp3) is 0.286. The van der Waals surface area contributed by atoms with Crippen molar-refractivity contribution in [3.05, 3.63) is 63.7 Å². The number of ketones is 1. The van der Waals surface area contributed by atoms with Crippen molar-refractivity contribution in [2.75, 3.05) is 11.9 Å². The number of esters is 1. The van der Waals surface area contributed by atoms with Crippen molar-refractivity contribution in [3.63, 3.8) is 0 Å². The molecule has 0 aliphatic heterocycles. The first kappa shape index (κ1) is 20.6. The lowest BCUT2D eigenvalue weighted by atomic mass is 10.1. The van der Waals surface area contributed by atoms with Gasteiger partial charge in [0.05, 0.1) is 11.3 Å². The maximum atomic E-state index is 12.5. The molecule has 0 aliphatic carbocycles. The molecule has 7 nitrogen and oxygen atoms in total. The molecule has 3 heterocycles. The number of anilines is 1. The second kappa shape index (κ2) is 8.48. The summed E-state index contributed by atoms with van der Waals surface area (Å²) in [5.74, 6) is -1.07. The molecule has 1 N–H and O–H groups in total. The molecule has 0 bridgehead atoms. The van der Waals surface area contributed by atoms with Crippen molar-refractivity contribution in [3.8, 4) is 0 Å². The molecule has 0 aromatic carbocycles. The van der Waals surface area contributed by atoms with Gasteiger partial charge in [0.25, 0.3) is 5.91 Å². The van der Waals surface area contributed by atoms with Gasteiger partial charge in [-0.3, -0.25) is 9.59 Å². The predicted molar refractivity (Wildman–Crippen MR) is 110 cm³/mol. The molecular weight excluding hydrogens is 392 g/mol. The van der Waals surface area contributed by atoms with Crippen LogP contribution in [-0.4, -0.2) is 28.8 Å². The number of amides is 1. The third-order valence-electron chi connectivity index (χ3n) is 4.61. The topological polar surface area (TPSA) is 90.5 Å². The van der Waals surface area contributed by atoms with Gasteiger partial charge in [0, 0.05) is 23.5 Å². The number of carbonyl (C=O) groups excluding carboxylic acids is 3. The van der Waals surface area contributed by atoms with Crippen LogP contribution in [0.4, 0.5) is 5.00 Å². The molecule has 3 aromatic rings. The maximum absolute atomic E-state index is 12.5. The summed E-state index contributed by atoms with van der Waals surface area (Å²) in [4.78, 5) is 37.3. The van der Waals surface area contributed by atoms with Gasteiger partial charge in [-0.05, 0) is 57.5 Å². The fourth-order valence-electron chi connectivity index (χ4n) is 3.17.